The van der Waals surface area contributed by atoms with Crippen molar-refractivity contribution in [3.63, 3.8) is 0 Å². The third-order valence-corrected chi connectivity index (χ3v) is 3.75. The van der Waals surface area contributed by atoms with Gasteiger partial charge in [0.25, 0.3) is 0 Å². The van der Waals surface area contributed by atoms with E-state index in [1.54, 1.807) is 0 Å². The summed E-state index contributed by atoms with van der Waals surface area (Å²) >= 11 is 0. The second-order valence-electron chi connectivity index (χ2n) is 5.45. The Morgan fingerprint density at radius 2 is 2.17 bits per heavy atom. The minimum Gasteiger partial charge on any atom is -0.454 e. The Bertz CT molecular complexity index is 486. The van der Waals surface area contributed by atoms with E-state index in [9.17, 15) is 4.79 Å². The van der Waals surface area contributed by atoms with E-state index in [0.29, 0.717) is 13.2 Å². The number of carbonyl (C=O) groups is 1. The second kappa shape index (κ2) is 4.19. The molecule has 1 N–H and O–H groups in total. The van der Waals surface area contributed by atoms with E-state index in [1.807, 2.05) is 12.1 Å². The molecular formula is C14H17NO3. The number of fused-ring (bicyclic) bond motifs is 1. The summed E-state index contributed by atoms with van der Waals surface area (Å²) in [5.41, 5.74) is 1.33. The van der Waals surface area contributed by atoms with Gasteiger partial charge in [0.15, 0.2) is 11.5 Å². The van der Waals surface area contributed by atoms with Crippen LogP contribution in [0.2, 0.25) is 0 Å². The maximum Gasteiger partial charge on any atom is 0.231 e. The molecule has 3 rings (SSSR count). The highest BCUT2D eigenvalue weighted by molar-refractivity contribution is 5.79. The highest BCUT2D eigenvalue weighted by Crippen LogP contribution is 2.35. The standard InChI is InChI=1S/C14H17NO3/c1-14(7-13(16)15-8-14)5-4-10-2-3-11-12(6-10)18-9-17-11/h2-3,6H,4-5,7-9H2,1H3,(H,15,16). The topological polar surface area (TPSA) is 47.6 Å². The van der Waals surface area contributed by atoms with Crippen LogP contribution in [0.15, 0.2) is 18.2 Å². The molecule has 96 valence electrons. The van der Waals surface area contributed by atoms with E-state index in [4.69, 9.17) is 9.47 Å². The molecule has 0 radical (unpaired) electrons. The van der Waals surface area contributed by atoms with Crippen molar-refractivity contribution in [1.29, 1.82) is 0 Å². The highest BCUT2D eigenvalue weighted by atomic mass is 16.7. The Morgan fingerprint density at radius 3 is 2.94 bits per heavy atom. The molecule has 0 spiro atoms. The van der Waals surface area contributed by atoms with E-state index in [-0.39, 0.29) is 11.3 Å². The van der Waals surface area contributed by atoms with Gasteiger partial charge in [0.1, 0.15) is 0 Å². The average Bonchev–Trinajstić information content (AvgIpc) is 2.93. The van der Waals surface area contributed by atoms with Gasteiger partial charge < -0.3 is 14.8 Å². The number of hydrogen-bond acceptors (Lipinski definition) is 3. The zero-order chi connectivity index (χ0) is 12.6. The van der Waals surface area contributed by atoms with Gasteiger partial charge in [-0.3, -0.25) is 4.79 Å². The molecule has 1 saturated heterocycles. The lowest BCUT2D eigenvalue weighted by Gasteiger charge is -2.21. The third kappa shape index (κ3) is 2.15. The van der Waals surface area contributed by atoms with Crippen molar-refractivity contribution in [2.75, 3.05) is 13.3 Å². The van der Waals surface area contributed by atoms with E-state index >= 15 is 0 Å². The summed E-state index contributed by atoms with van der Waals surface area (Å²) in [6.45, 7) is 3.27. The number of nitrogens with one attached hydrogen (secondary N) is 1. The van der Waals surface area contributed by atoms with E-state index in [0.717, 1.165) is 30.9 Å². The predicted molar refractivity (Wildman–Crippen MR) is 66.6 cm³/mol. The summed E-state index contributed by atoms with van der Waals surface area (Å²) in [6.07, 6.45) is 2.60. The van der Waals surface area contributed by atoms with Crippen LogP contribution in [0.4, 0.5) is 0 Å². The zero-order valence-electron chi connectivity index (χ0n) is 10.5. The molecule has 1 aromatic carbocycles. The molecule has 0 bridgehead atoms. The fraction of sp³-hybridized carbons (Fsp3) is 0.500. The fourth-order valence-corrected chi connectivity index (χ4v) is 2.54. The number of hydrogen-bond donors (Lipinski definition) is 1. The molecule has 1 fully saturated rings. The molecule has 0 aliphatic carbocycles. The van der Waals surface area contributed by atoms with E-state index < -0.39 is 0 Å². The predicted octanol–water partition coefficient (Wildman–Crippen LogP) is 1.87. The smallest absolute Gasteiger partial charge is 0.231 e. The van der Waals surface area contributed by atoms with Crippen LogP contribution in [0.3, 0.4) is 0 Å². The van der Waals surface area contributed by atoms with Crippen LogP contribution in [0.25, 0.3) is 0 Å². The number of benzene rings is 1. The number of carbonyl (C=O) groups excluding carboxylic acids is 1. The molecule has 1 amide bonds. The second-order valence-corrected chi connectivity index (χ2v) is 5.45. The van der Waals surface area contributed by atoms with E-state index in [2.05, 4.69) is 18.3 Å². The molecule has 4 heteroatoms. The van der Waals surface area contributed by atoms with Crippen molar-refractivity contribution in [2.45, 2.75) is 26.2 Å². The molecule has 2 heterocycles. The Morgan fingerprint density at radius 1 is 1.33 bits per heavy atom. The van der Waals surface area contributed by atoms with Gasteiger partial charge in [-0.1, -0.05) is 13.0 Å². The van der Waals surface area contributed by atoms with E-state index in [1.165, 1.54) is 5.56 Å². The summed E-state index contributed by atoms with van der Waals surface area (Å²) in [6, 6.07) is 6.06. The van der Waals surface area contributed by atoms with Crippen molar-refractivity contribution < 1.29 is 14.3 Å². The van der Waals surface area contributed by atoms with Crippen molar-refractivity contribution in [2.24, 2.45) is 5.41 Å². The molecule has 2 aliphatic rings. The molecule has 0 aromatic heterocycles. The number of rotatable bonds is 3. The number of aryl methyl sites for hydroxylation is 1. The first kappa shape index (κ1) is 11.4. The fourth-order valence-electron chi connectivity index (χ4n) is 2.54. The van der Waals surface area contributed by atoms with Gasteiger partial charge in [0.05, 0.1) is 0 Å². The molecular weight excluding hydrogens is 230 g/mol. The molecule has 18 heavy (non-hydrogen) atoms. The van der Waals surface area contributed by atoms with Crippen molar-refractivity contribution in [1.82, 2.24) is 5.32 Å². The van der Waals surface area contributed by atoms with Crippen LogP contribution in [0.1, 0.15) is 25.3 Å². The van der Waals surface area contributed by atoms with Gasteiger partial charge in [0.2, 0.25) is 12.7 Å². The third-order valence-electron chi connectivity index (χ3n) is 3.75. The van der Waals surface area contributed by atoms with Crippen molar-refractivity contribution >= 4 is 5.91 Å². The normalized spacial score (nSPS) is 25.3. The Labute approximate surface area is 106 Å². The van der Waals surface area contributed by atoms with Gasteiger partial charge in [-0.15, -0.1) is 0 Å². The lowest BCUT2D eigenvalue weighted by atomic mass is 9.83. The molecule has 1 unspecified atom stereocenters. The quantitative estimate of drug-likeness (QED) is 0.887. The molecule has 0 saturated carbocycles. The number of amides is 1. The van der Waals surface area contributed by atoms with Crippen LogP contribution >= 0.6 is 0 Å². The molecule has 4 nitrogen and oxygen atoms in total. The van der Waals surface area contributed by atoms with Crippen LogP contribution in [0, 0.1) is 5.41 Å². The zero-order valence-corrected chi connectivity index (χ0v) is 10.5. The maximum absolute atomic E-state index is 11.3. The minimum atomic E-state index is 0.0907. The largest absolute Gasteiger partial charge is 0.454 e. The molecule has 1 atom stereocenters. The Hall–Kier alpha value is -1.71. The van der Waals surface area contributed by atoms with Crippen LogP contribution < -0.4 is 14.8 Å². The van der Waals surface area contributed by atoms with Gasteiger partial charge in [0, 0.05) is 13.0 Å². The average molecular weight is 247 g/mol. The number of ether oxygens (including phenoxy) is 2. The van der Waals surface area contributed by atoms with Gasteiger partial charge in [-0.25, -0.2) is 0 Å². The van der Waals surface area contributed by atoms with Crippen molar-refractivity contribution in [3.8, 4) is 11.5 Å². The first-order chi connectivity index (χ1) is 8.65. The SMILES string of the molecule is CC1(CCc2ccc3c(c2)OCO3)CNC(=O)C1. The van der Waals surface area contributed by atoms with Crippen molar-refractivity contribution in [3.05, 3.63) is 23.8 Å². The summed E-state index contributed by atoms with van der Waals surface area (Å²) in [5, 5.41) is 2.90. The first-order valence-corrected chi connectivity index (χ1v) is 6.30. The molecule has 2 aliphatic heterocycles. The monoisotopic (exact) mass is 247 g/mol. The Balaban J connectivity index is 1.65. The van der Waals surface area contributed by atoms with Gasteiger partial charge in [-0.05, 0) is 36.0 Å². The summed E-state index contributed by atoms with van der Waals surface area (Å²) in [5.74, 6) is 1.82. The maximum atomic E-state index is 11.3. The summed E-state index contributed by atoms with van der Waals surface area (Å²) in [7, 11) is 0. The summed E-state index contributed by atoms with van der Waals surface area (Å²) in [4.78, 5) is 11.3. The Kier molecular flexibility index (Phi) is 2.65. The molecule has 1 aromatic rings. The van der Waals surface area contributed by atoms with Crippen LogP contribution in [-0.4, -0.2) is 19.2 Å². The first-order valence-electron chi connectivity index (χ1n) is 6.30. The van der Waals surface area contributed by atoms with Gasteiger partial charge in [-0.2, -0.15) is 0 Å². The van der Waals surface area contributed by atoms with Crippen LogP contribution in [-0.2, 0) is 11.2 Å². The lowest BCUT2D eigenvalue weighted by molar-refractivity contribution is -0.119. The highest BCUT2D eigenvalue weighted by Gasteiger charge is 2.33. The van der Waals surface area contributed by atoms with Gasteiger partial charge >= 0.3 is 0 Å². The minimum absolute atomic E-state index is 0.0907. The summed E-state index contributed by atoms with van der Waals surface area (Å²) < 4.78 is 10.7. The van der Waals surface area contributed by atoms with Crippen LogP contribution in [0.5, 0.6) is 11.5 Å². The lowest BCUT2D eigenvalue weighted by Crippen LogP contribution is -2.21.